The Kier molecular flexibility index (Phi) is 3.78. The van der Waals surface area contributed by atoms with Crippen LogP contribution in [0, 0.1) is 0 Å². The predicted molar refractivity (Wildman–Crippen MR) is 71.1 cm³/mol. The fourth-order valence-corrected chi connectivity index (χ4v) is 1.82. The number of aromatic hydroxyl groups is 1. The molecule has 0 aliphatic heterocycles. The minimum absolute atomic E-state index is 0.0161. The van der Waals surface area contributed by atoms with Gasteiger partial charge >= 0.3 is 5.63 Å². The molecule has 0 bridgehead atoms. The number of carbonyl (C=O) groups is 1. The van der Waals surface area contributed by atoms with E-state index >= 15 is 0 Å². The van der Waals surface area contributed by atoms with Gasteiger partial charge in [0.1, 0.15) is 6.26 Å². The standard InChI is InChI=1S/C12H7Cl2NO4/c13-8-3-7(4-9(14)11(8)17)15-12(18)6-1-2-10(16)19-5-6/h1-5,17H,(H,15,18). The second-order valence-electron chi connectivity index (χ2n) is 3.59. The summed E-state index contributed by atoms with van der Waals surface area (Å²) in [4.78, 5) is 22.6. The van der Waals surface area contributed by atoms with E-state index in [1.807, 2.05) is 0 Å². The molecule has 0 fully saturated rings. The van der Waals surface area contributed by atoms with Gasteiger partial charge < -0.3 is 14.8 Å². The van der Waals surface area contributed by atoms with E-state index in [-0.39, 0.29) is 21.4 Å². The third kappa shape index (κ3) is 3.07. The Morgan fingerprint density at radius 2 is 1.84 bits per heavy atom. The van der Waals surface area contributed by atoms with Crippen molar-refractivity contribution in [1.29, 1.82) is 0 Å². The molecule has 2 rings (SSSR count). The van der Waals surface area contributed by atoms with Crippen LogP contribution >= 0.6 is 23.2 Å². The number of hydrogen-bond donors (Lipinski definition) is 2. The van der Waals surface area contributed by atoms with Crippen LogP contribution in [0.2, 0.25) is 10.0 Å². The fraction of sp³-hybridized carbons (Fsp3) is 0. The summed E-state index contributed by atoms with van der Waals surface area (Å²) < 4.78 is 4.58. The number of anilines is 1. The fourth-order valence-electron chi connectivity index (χ4n) is 1.33. The first-order chi connectivity index (χ1) is 8.97. The number of benzene rings is 1. The van der Waals surface area contributed by atoms with Crippen molar-refractivity contribution >= 4 is 34.8 Å². The normalized spacial score (nSPS) is 10.2. The van der Waals surface area contributed by atoms with Crippen molar-refractivity contribution in [1.82, 2.24) is 0 Å². The molecule has 0 aliphatic rings. The SMILES string of the molecule is O=C(Nc1cc(Cl)c(O)c(Cl)c1)c1ccc(=O)oc1. The van der Waals surface area contributed by atoms with E-state index in [4.69, 9.17) is 23.2 Å². The molecule has 1 heterocycles. The number of rotatable bonds is 2. The number of phenols is 1. The molecule has 1 amide bonds. The van der Waals surface area contributed by atoms with Gasteiger partial charge in [0, 0.05) is 11.8 Å². The third-order valence-electron chi connectivity index (χ3n) is 2.24. The molecule has 1 aromatic heterocycles. The number of phenolic OH excluding ortho intramolecular Hbond substituents is 1. The minimum Gasteiger partial charge on any atom is -0.505 e. The van der Waals surface area contributed by atoms with Crippen LogP contribution in [0.25, 0.3) is 0 Å². The van der Waals surface area contributed by atoms with Gasteiger partial charge in [0.2, 0.25) is 0 Å². The molecule has 0 unspecified atom stereocenters. The molecule has 1 aromatic carbocycles. The summed E-state index contributed by atoms with van der Waals surface area (Å²) in [5, 5.41) is 11.9. The van der Waals surface area contributed by atoms with Gasteiger partial charge in [0.05, 0.1) is 15.6 Å². The molecular weight excluding hydrogens is 293 g/mol. The molecule has 0 aliphatic carbocycles. The van der Waals surface area contributed by atoms with Crippen molar-refractivity contribution in [3.05, 3.63) is 56.6 Å². The van der Waals surface area contributed by atoms with Gasteiger partial charge in [0.15, 0.2) is 5.75 Å². The Morgan fingerprint density at radius 1 is 1.21 bits per heavy atom. The van der Waals surface area contributed by atoms with Crippen molar-refractivity contribution in [2.45, 2.75) is 0 Å². The zero-order valence-corrected chi connectivity index (χ0v) is 10.8. The van der Waals surface area contributed by atoms with Gasteiger partial charge in [-0.15, -0.1) is 0 Å². The van der Waals surface area contributed by atoms with E-state index in [1.165, 1.54) is 18.2 Å². The molecule has 0 spiro atoms. The van der Waals surface area contributed by atoms with Gasteiger partial charge in [-0.05, 0) is 18.2 Å². The lowest BCUT2D eigenvalue weighted by Gasteiger charge is -2.07. The highest BCUT2D eigenvalue weighted by Gasteiger charge is 2.11. The molecular formula is C12H7Cl2NO4. The van der Waals surface area contributed by atoms with Crippen LogP contribution in [0.4, 0.5) is 5.69 Å². The van der Waals surface area contributed by atoms with Crippen LogP contribution in [-0.2, 0) is 0 Å². The first-order valence-electron chi connectivity index (χ1n) is 5.05. The molecule has 2 aromatic rings. The van der Waals surface area contributed by atoms with Gasteiger partial charge in [-0.25, -0.2) is 4.79 Å². The molecule has 19 heavy (non-hydrogen) atoms. The zero-order chi connectivity index (χ0) is 14.0. The monoisotopic (exact) mass is 299 g/mol. The lowest BCUT2D eigenvalue weighted by atomic mass is 10.2. The Hall–Kier alpha value is -1.98. The molecule has 98 valence electrons. The maximum atomic E-state index is 11.8. The maximum absolute atomic E-state index is 11.8. The van der Waals surface area contributed by atoms with Crippen molar-refractivity contribution in [2.24, 2.45) is 0 Å². The third-order valence-corrected chi connectivity index (χ3v) is 2.81. The van der Waals surface area contributed by atoms with Crippen LogP contribution in [0.5, 0.6) is 5.75 Å². The highest BCUT2D eigenvalue weighted by atomic mass is 35.5. The second kappa shape index (κ2) is 5.34. The van der Waals surface area contributed by atoms with Gasteiger partial charge in [-0.1, -0.05) is 23.2 Å². The topological polar surface area (TPSA) is 79.5 Å². The maximum Gasteiger partial charge on any atom is 0.335 e. The van der Waals surface area contributed by atoms with E-state index < -0.39 is 11.5 Å². The molecule has 0 radical (unpaired) electrons. The number of carbonyl (C=O) groups excluding carboxylic acids is 1. The molecule has 0 saturated heterocycles. The summed E-state index contributed by atoms with van der Waals surface area (Å²) in [7, 11) is 0. The number of hydrogen-bond acceptors (Lipinski definition) is 4. The predicted octanol–water partition coefficient (Wildman–Crippen LogP) is 2.90. The summed E-state index contributed by atoms with van der Waals surface area (Å²) in [6, 6.07) is 5.15. The highest BCUT2D eigenvalue weighted by Crippen LogP contribution is 2.34. The summed E-state index contributed by atoms with van der Waals surface area (Å²) >= 11 is 11.4. The average Bonchev–Trinajstić information content (AvgIpc) is 2.36. The Morgan fingerprint density at radius 3 is 2.37 bits per heavy atom. The lowest BCUT2D eigenvalue weighted by molar-refractivity contribution is 0.102. The molecule has 5 nitrogen and oxygen atoms in total. The van der Waals surface area contributed by atoms with E-state index in [0.717, 1.165) is 12.3 Å². The van der Waals surface area contributed by atoms with Gasteiger partial charge in [0.25, 0.3) is 5.91 Å². The molecule has 0 atom stereocenters. The van der Waals surface area contributed by atoms with Crippen LogP contribution in [0.1, 0.15) is 10.4 Å². The first kappa shape index (κ1) is 13.5. The number of amides is 1. The molecule has 7 heteroatoms. The largest absolute Gasteiger partial charge is 0.505 e. The minimum atomic E-state index is -0.549. The Balaban J connectivity index is 2.24. The number of nitrogens with one attached hydrogen (secondary N) is 1. The van der Waals surface area contributed by atoms with Crippen LogP contribution < -0.4 is 10.9 Å². The van der Waals surface area contributed by atoms with Crippen molar-refractivity contribution in [3.8, 4) is 5.75 Å². The Bertz CT molecular complexity index is 653. The van der Waals surface area contributed by atoms with Crippen LogP contribution in [0.3, 0.4) is 0 Å². The smallest absolute Gasteiger partial charge is 0.335 e. The molecule has 2 N–H and O–H groups in total. The first-order valence-corrected chi connectivity index (χ1v) is 5.81. The summed E-state index contributed by atoms with van der Waals surface area (Å²) in [6.45, 7) is 0. The highest BCUT2D eigenvalue weighted by molar-refractivity contribution is 6.37. The van der Waals surface area contributed by atoms with Crippen molar-refractivity contribution < 1.29 is 14.3 Å². The summed E-state index contributed by atoms with van der Waals surface area (Å²) in [5.41, 5.74) is -0.0730. The number of halogens is 2. The zero-order valence-electron chi connectivity index (χ0n) is 9.31. The summed E-state index contributed by atoms with van der Waals surface area (Å²) in [5.74, 6) is -0.756. The Labute approximate surface area is 117 Å². The van der Waals surface area contributed by atoms with E-state index in [9.17, 15) is 14.7 Å². The van der Waals surface area contributed by atoms with Crippen molar-refractivity contribution in [2.75, 3.05) is 5.32 Å². The van der Waals surface area contributed by atoms with Crippen LogP contribution in [-0.4, -0.2) is 11.0 Å². The van der Waals surface area contributed by atoms with E-state index in [0.29, 0.717) is 5.69 Å². The van der Waals surface area contributed by atoms with E-state index in [1.54, 1.807) is 0 Å². The van der Waals surface area contributed by atoms with Gasteiger partial charge in [-0.3, -0.25) is 4.79 Å². The molecule has 0 saturated carbocycles. The van der Waals surface area contributed by atoms with Gasteiger partial charge in [-0.2, -0.15) is 0 Å². The van der Waals surface area contributed by atoms with Crippen molar-refractivity contribution in [3.63, 3.8) is 0 Å². The van der Waals surface area contributed by atoms with Crippen LogP contribution in [0.15, 0.2) is 39.7 Å². The average molecular weight is 300 g/mol. The quantitative estimate of drug-likeness (QED) is 0.836. The summed E-state index contributed by atoms with van der Waals surface area (Å²) in [6.07, 6.45) is 1.04. The lowest BCUT2D eigenvalue weighted by Crippen LogP contribution is -2.12. The second-order valence-corrected chi connectivity index (χ2v) is 4.40. The van der Waals surface area contributed by atoms with E-state index in [2.05, 4.69) is 9.73 Å².